The van der Waals surface area contributed by atoms with Gasteiger partial charge in [-0.05, 0) is 44.7 Å². The van der Waals surface area contributed by atoms with Crippen LogP contribution >= 0.6 is 0 Å². The van der Waals surface area contributed by atoms with Crippen LogP contribution in [0.15, 0.2) is 16.9 Å². The SMILES string of the molecule is Cn1ccnc1[C@H](O)C1CCN(Cc2noc(C3CC3)n2)CC1. The standard InChI is InChI=1S/C16H23N5O2/c1-20-9-6-17-15(20)14(22)11-4-7-21(8-5-11)10-13-18-16(23-19-13)12-2-3-12/h6,9,11-12,14,22H,2-5,7-8,10H2,1H3/t14-/m1/s1. The number of aliphatic hydroxyl groups excluding tert-OH is 1. The summed E-state index contributed by atoms with van der Waals surface area (Å²) in [4.78, 5) is 11.1. The molecule has 0 spiro atoms. The lowest BCUT2D eigenvalue weighted by Gasteiger charge is -2.33. The molecular formula is C16H23N5O2. The highest BCUT2D eigenvalue weighted by Gasteiger charge is 2.31. The third-order valence-corrected chi connectivity index (χ3v) is 4.98. The number of piperidine rings is 1. The van der Waals surface area contributed by atoms with Crippen molar-refractivity contribution in [3.05, 3.63) is 29.9 Å². The Labute approximate surface area is 135 Å². The molecule has 1 saturated carbocycles. The molecule has 23 heavy (non-hydrogen) atoms. The largest absolute Gasteiger partial charge is 0.385 e. The average Bonchev–Trinajstić information content (AvgIpc) is 3.16. The summed E-state index contributed by atoms with van der Waals surface area (Å²) in [5.41, 5.74) is 0. The summed E-state index contributed by atoms with van der Waals surface area (Å²) in [6.07, 6.45) is 7.41. The summed E-state index contributed by atoms with van der Waals surface area (Å²) >= 11 is 0. The molecule has 2 aromatic rings. The number of aliphatic hydroxyl groups is 1. The van der Waals surface area contributed by atoms with Gasteiger partial charge in [-0.2, -0.15) is 4.98 Å². The topological polar surface area (TPSA) is 80.2 Å². The number of nitrogens with zero attached hydrogens (tertiary/aromatic N) is 5. The predicted octanol–water partition coefficient (Wildman–Crippen LogP) is 1.63. The van der Waals surface area contributed by atoms with E-state index >= 15 is 0 Å². The molecule has 0 aromatic carbocycles. The van der Waals surface area contributed by atoms with Crippen molar-refractivity contribution < 1.29 is 9.63 Å². The lowest BCUT2D eigenvalue weighted by Crippen LogP contribution is -2.35. The molecule has 0 unspecified atom stereocenters. The predicted molar refractivity (Wildman–Crippen MR) is 82.4 cm³/mol. The molecule has 2 aliphatic rings. The third kappa shape index (κ3) is 3.16. The molecule has 3 heterocycles. The minimum atomic E-state index is -0.483. The van der Waals surface area contributed by atoms with Crippen LogP contribution in [0, 0.1) is 5.92 Å². The van der Waals surface area contributed by atoms with E-state index in [9.17, 15) is 5.11 Å². The molecule has 1 atom stereocenters. The van der Waals surface area contributed by atoms with Crippen LogP contribution in [0.3, 0.4) is 0 Å². The van der Waals surface area contributed by atoms with Crippen molar-refractivity contribution in [3.63, 3.8) is 0 Å². The minimum absolute atomic E-state index is 0.264. The lowest BCUT2D eigenvalue weighted by molar-refractivity contribution is 0.0484. The first kappa shape index (κ1) is 14.8. The van der Waals surface area contributed by atoms with Gasteiger partial charge in [-0.3, -0.25) is 4.90 Å². The number of imidazole rings is 1. The van der Waals surface area contributed by atoms with E-state index in [-0.39, 0.29) is 5.92 Å². The van der Waals surface area contributed by atoms with Crippen molar-refractivity contribution >= 4 is 0 Å². The Morgan fingerprint density at radius 1 is 1.30 bits per heavy atom. The zero-order chi connectivity index (χ0) is 15.8. The van der Waals surface area contributed by atoms with E-state index in [1.54, 1.807) is 6.20 Å². The van der Waals surface area contributed by atoms with Gasteiger partial charge in [0.2, 0.25) is 5.89 Å². The van der Waals surface area contributed by atoms with Crippen LogP contribution in [0.4, 0.5) is 0 Å². The number of hydrogen-bond donors (Lipinski definition) is 1. The van der Waals surface area contributed by atoms with Gasteiger partial charge in [0.1, 0.15) is 11.9 Å². The molecule has 7 heteroatoms. The fourth-order valence-electron chi connectivity index (χ4n) is 3.33. The Morgan fingerprint density at radius 3 is 2.74 bits per heavy atom. The van der Waals surface area contributed by atoms with Crippen LogP contribution < -0.4 is 0 Å². The highest BCUT2D eigenvalue weighted by Crippen LogP contribution is 2.39. The van der Waals surface area contributed by atoms with Gasteiger partial charge in [0.05, 0.1) is 6.54 Å². The molecule has 0 radical (unpaired) electrons. The fraction of sp³-hybridized carbons (Fsp3) is 0.688. The highest BCUT2D eigenvalue weighted by atomic mass is 16.5. The molecule has 1 saturated heterocycles. The van der Waals surface area contributed by atoms with E-state index in [0.717, 1.165) is 50.0 Å². The maximum atomic E-state index is 10.5. The fourth-order valence-corrected chi connectivity index (χ4v) is 3.33. The number of rotatable bonds is 5. The van der Waals surface area contributed by atoms with Gasteiger partial charge < -0.3 is 14.2 Å². The second-order valence-electron chi connectivity index (χ2n) is 6.78. The number of aryl methyl sites for hydroxylation is 1. The molecule has 2 fully saturated rings. The Morgan fingerprint density at radius 2 is 2.09 bits per heavy atom. The number of aromatic nitrogens is 4. The molecule has 0 bridgehead atoms. The first-order valence-electron chi connectivity index (χ1n) is 8.41. The van der Waals surface area contributed by atoms with E-state index in [2.05, 4.69) is 20.0 Å². The van der Waals surface area contributed by atoms with Gasteiger partial charge in [-0.15, -0.1) is 0 Å². The summed E-state index contributed by atoms with van der Waals surface area (Å²) in [6, 6.07) is 0. The maximum Gasteiger partial charge on any atom is 0.229 e. The maximum absolute atomic E-state index is 10.5. The van der Waals surface area contributed by atoms with Crippen molar-refractivity contribution in [3.8, 4) is 0 Å². The van der Waals surface area contributed by atoms with Gasteiger partial charge in [0, 0.05) is 25.4 Å². The van der Waals surface area contributed by atoms with Crippen molar-refractivity contribution in [2.75, 3.05) is 13.1 Å². The van der Waals surface area contributed by atoms with Gasteiger partial charge in [0.25, 0.3) is 0 Å². The van der Waals surface area contributed by atoms with Crippen molar-refractivity contribution in [2.24, 2.45) is 13.0 Å². The summed E-state index contributed by atoms with van der Waals surface area (Å²) in [7, 11) is 1.92. The first-order valence-corrected chi connectivity index (χ1v) is 8.41. The molecular weight excluding hydrogens is 294 g/mol. The normalized spacial score (nSPS) is 21.7. The van der Waals surface area contributed by atoms with Gasteiger partial charge in [-0.1, -0.05) is 5.16 Å². The van der Waals surface area contributed by atoms with Crippen LogP contribution in [0.1, 0.15) is 55.2 Å². The molecule has 2 aromatic heterocycles. The van der Waals surface area contributed by atoms with Crippen LogP contribution in [0.2, 0.25) is 0 Å². The van der Waals surface area contributed by atoms with Crippen molar-refractivity contribution in [1.82, 2.24) is 24.6 Å². The smallest absolute Gasteiger partial charge is 0.229 e. The Hall–Kier alpha value is -1.73. The second kappa shape index (κ2) is 6.05. The van der Waals surface area contributed by atoms with Crippen LogP contribution in [-0.2, 0) is 13.6 Å². The molecule has 1 aliphatic carbocycles. The van der Waals surface area contributed by atoms with Gasteiger partial charge in [0.15, 0.2) is 5.82 Å². The van der Waals surface area contributed by atoms with E-state index in [4.69, 9.17) is 4.52 Å². The quantitative estimate of drug-likeness (QED) is 0.903. The first-order chi connectivity index (χ1) is 11.2. The summed E-state index contributed by atoms with van der Waals surface area (Å²) in [5.74, 6) is 3.13. The Kier molecular flexibility index (Phi) is 3.90. The van der Waals surface area contributed by atoms with Crippen molar-refractivity contribution in [2.45, 2.75) is 44.2 Å². The van der Waals surface area contributed by atoms with Gasteiger partial charge >= 0.3 is 0 Å². The zero-order valence-corrected chi connectivity index (χ0v) is 13.4. The number of hydrogen-bond acceptors (Lipinski definition) is 6. The Bertz CT molecular complexity index is 655. The monoisotopic (exact) mass is 317 g/mol. The van der Waals surface area contributed by atoms with E-state index in [1.807, 2.05) is 17.8 Å². The molecule has 7 nitrogen and oxygen atoms in total. The lowest BCUT2D eigenvalue weighted by atomic mass is 9.90. The molecule has 124 valence electrons. The van der Waals surface area contributed by atoms with Crippen LogP contribution in [0.5, 0.6) is 0 Å². The van der Waals surface area contributed by atoms with Crippen LogP contribution in [-0.4, -0.2) is 42.8 Å². The van der Waals surface area contributed by atoms with E-state index < -0.39 is 6.10 Å². The molecule has 1 N–H and O–H groups in total. The Balaban J connectivity index is 1.31. The molecule has 1 aliphatic heterocycles. The van der Waals surface area contributed by atoms with E-state index in [0.29, 0.717) is 5.92 Å². The van der Waals surface area contributed by atoms with Crippen LogP contribution in [0.25, 0.3) is 0 Å². The third-order valence-electron chi connectivity index (χ3n) is 4.98. The van der Waals surface area contributed by atoms with Gasteiger partial charge in [-0.25, -0.2) is 4.98 Å². The summed E-state index contributed by atoms with van der Waals surface area (Å²) in [6.45, 7) is 2.63. The minimum Gasteiger partial charge on any atom is -0.385 e. The molecule has 0 amide bonds. The highest BCUT2D eigenvalue weighted by molar-refractivity contribution is 5.02. The van der Waals surface area contributed by atoms with E-state index in [1.165, 1.54) is 12.8 Å². The summed E-state index contributed by atoms with van der Waals surface area (Å²) < 4.78 is 7.21. The zero-order valence-electron chi connectivity index (χ0n) is 13.4. The molecule has 4 rings (SSSR count). The van der Waals surface area contributed by atoms with Crippen molar-refractivity contribution in [1.29, 1.82) is 0 Å². The number of likely N-dealkylation sites (tertiary alicyclic amines) is 1. The second-order valence-corrected chi connectivity index (χ2v) is 6.78. The summed E-state index contributed by atoms with van der Waals surface area (Å²) in [5, 5.41) is 14.6. The average molecular weight is 317 g/mol.